The van der Waals surface area contributed by atoms with Crippen LogP contribution in [0.2, 0.25) is 0 Å². The molecule has 8 heavy (non-hydrogen) atoms. The van der Waals surface area contributed by atoms with Gasteiger partial charge in [-0.2, -0.15) is 0 Å². The first-order chi connectivity index (χ1) is 3.72. The number of halogens is 1. The summed E-state index contributed by atoms with van der Waals surface area (Å²) < 4.78 is 1.62. The van der Waals surface area contributed by atoms with Gasteiger partial charge in [0.05, 0.1) is 16.1 Å². The summed E-state index contributed by atoms with van der Waals surface area (Å²) in [6.45, 7) is 2.03. The lowest BCUT2D eigenvalue weighted by atomic mass is 10.3. The zero-order chi connectivity index (χ0) is 6.15. The second-order valence-corrected chi connectivity index (χ2v) is 2.86. The van der Waals surface area contributed by atoms with Crippen LogP contribution in [0.1, 0.15) is 19.8 Å². The van der Waals surface area contributed by atoms with E-state index in [1.807, 2.05) is 6.92 Å². The molecule has 2 nitrogen and oxygen atoms in total. The van der Waals surface area contributed by atoms with E-state index in [1.54, 1.807) is 3.93 Å². The van der Waals surface area contributed by atoms with Gasteiger partial charge in [-0.3, -0.25) is 8.72 Å². The fourth-order valence-corrected chi connectivity index (χ4v) is 1.18. The summed E-state index contributed by atoms with van der Waals surface area (Å²) >= 11 is 3.15. The van der Waals surface area contributed by atoms with Crippen LogP contribution in [-0.2, 0) is 4.79 Å². The monoisotopic (exact) mass is 177 g/mol. The highest BCUT2D eigenvalue weighted by molar-refractivity contribution is 9.07. The van der Waals surface area contributed by atoms with Gasteiger partial charge in [0.2, 0.25) is 5.91 Å². The third-order valence-electron chi connectivity index (χ3n) is 1.40. The van der Waals surface area contributed by atoms with Gasteiger partial charge < -0.3 is 0 Å². The molecule has 46 valence electrons. The molecule has 0 bridgehead atoms. The Morgan fingerprint density at radius 1 is 1.88 bits per heavy atom. The molecule has 0 aromatic heterocycles. The maximum Gasteiger partial charge on any atom is 0.232 e. The minimum atomic E-state index is 0.206. The maximum atomic E-state index is 10.7. The van der Waals surface area contributed by atoms with Gasteiger partial charge in [-0.15, -0.1) is 0 Å². The van der Waals surface area contributed by atoms with Gasteiger partial charge >= 0.3 is 0 Å². The summed E-state index contributed by atoms with van der Waals surface area (Å²) in [5.41, 5.74) is 0. The van der Waals surface area contributed by atoms with E-state index in [0.717, 1.165) is 6.42 Å². The SMILES string of the molecule is CC1CCC(=O)N1Br. The largest absolute Gasteiger partial charge is 0.276 e. The molecule has 1 rings (SSSR count). The lowest BCUT2D eigenvalue weighted by Gasteiger charge is -2.09. The Hall–Kier alpha value is -0.0500. The van der Waals surface area contributed by atoms with Crippen LogP contribution in [0.25, 0.3) is 0 Å². The number of hydrogen-bond acceptors (Lipinski definition) is 1. The van der Waals surface area contributed by atoms with Crippen molar-refractivity contribution < 1.29 is 4.79 Å². The molecule has 0 saturated carbocycles. The van der Waals surface area contributed by atoms with Crippen LogP contribution in [0.3, 0.4) is 0 Å². The Labute approximate surface area is 57.2 Å². The molecule has 1 saturated heterocycles. The summed E-state index contributed by atoms with van der Waals surface area (Å²) in [6, 6.07) is 0.391. The van der Waals surface area contributed by atoms with E-state index in [1.165, 1.54) is 0 Å². The molecule has 0 spiro atoms. The minimum Gasteiger partial charge on any atom is -0.276 e. The van der Waals surface area contributed by atoms with Crippen LogP contribution in [0.4, 0.5) is 0 Å². The Bertz CT molecular complexity index is 115. The van der Waals surface area contributed by atoms with Crippen molar-refractivity contribution in [3.63, 3.8) is 0 Å². The van der Waals surface area contributed by atoms with Crippen molar-refractivity contribution in [1.82, 2.24) is 3.93 Å². The first kappa shape index (κ1) is 6.08. The van der Waals surface area contributed by atoms with E-state index in [2.05, 4.69) is 16.1 Å². The third kappa shape index (κ3) is 0.869. The zero-order valence-electron chi connectivity index (χ0n) is 4.72. The second kappa shape index (κ2) is 2.05. The van der Waals surface area contributed by atoms with Gasteiger partial charge in [-0.05, 0) is 13.3 Å². The quantitative estimate of drug-likeness (QED) is 0.512. The normalized spacial score (nSPS) is 29.5. The molecule has 1 aliphatic heterocycles. The average Bonchev–Trinajstić information content (AvgIpc) is 1.98. The van der Waals surface area contributed by atoms with Crippen LogP contribution in [0, 0.1) is 0 Å². The molecule has 1 fully saturated rings. The average molecular weight is 178 g/mol. The summed E-state index contributed by atoms with van der Waals surface area (Å²) in [5, 5.41) is 0. The van der Waals surface area contributed by atoms with E-state index in [9.17, 15) is 4.79 Å². The Kier molecular flexibility index (Phi) is 1.56. The molecule has 3 heteroatoms. The van der Waals surface area contributed by atoms with E-state index in [4.69, 9.17) is 0 Å². The Morgan fingerprint density at radius 2 is 2.50 bits per heavy atom. The molecule has 1 heterocycles. The van der Waals surface area contributed by atoms with Crippen molar-refractivity contribution in [1.29, 1.82) is 0 Å². The molecule has 1 aliphatic rings. The third-order valence-corrected chi connectivity index (χ3v) is 2.50. The maximum absolute atomic E-state index is 10.7. The van der Waals surface area contributed by atoms with Gasteiger partial charge in [-0.1, -0.05) is 0 Å². The van der Waals surface area contributed by atoms with Crippen molar-refractivity contribution in [2.45, 2.75) is 25.8 Å². The number of amides is 1. The van der Waals surface area contributed by atoms with Gasteiger partial charge in [0.15, 0.2) is 0 Å². The van der Waals surface area contributed by atoms with Crippen molar-refractivity contribution in [2.24, 2.45) is 0 Å². The highest BCUT2D eigenvalue weighted by Crippen LogP contribution is 2.20. The predicted octanol–water partition coefficient (Wildman–Crippen LogP) is 1.31. The molecule has 0 N–H and O–H groups in total. The van der Waals surface area contributed by atoms with Gasteiger partial charge in [0.25, 0.3) is 0 Å². The second-order valence-electron chi connectivity index (χ2n) is 2.09. The first-order valence-electron chi connectivity index (χ1n) is 2.69. The lowest BCUT2D eigenvalue weighted by Crippen LogP contribution is -2.18. The van der Waals surface area contributed by atoms with Crippen LogP contribution in [-0.4, -0.2) is 15.9 Å². The smallest absolute Gasteiger partial charge is 0.232 e. The highest BCUT2D eigenvalue weighted by Gasteiger charge is 2.24. The minimum absolute atomic E-state index is 0.206. The number of hydrogen-bond donors (Lipinski definition) is 0. The van der Waals surface area contributed by atoms with Crippen molar-refractivity contribution in [2.75, 3.05) is 0 Å². The molecule has 0 aromatic carbocycles. The van der Waals surface area contributed by atoms with Crippen LogP contribution >= 0.6 is 16.1 Å². The lowest BCUT2D eigenvalue weighted by molar-refractivity contribution is -0.123. The number of nitrogens with zero attached hydrogens (tertiary/aromatic N) is 1. The van der Waals surface area contributed by atoms with E-state index in [-0.39, 0.29) is 5.91 Å². The standard InChI is InChI=1S/C5H8BrNO/c1-4-2-3-5(8)7(4)6/h4H,2-3H2,1H3. The molecule has 1 amide bonds. The Balaban J connectivity index is 2.56. The molecule has 0 radical (unpaired) electrons. The number of carbonyl (C=O) groups is 1. The molecule has 1 atom stereocenters. The zero-order valence-corrected chi connectivity index (χ0v) is 6.31. The van der Waals surface area contributed by atoms with E-state index >= 15 is 0 Å². The predicted molar refractivity (Wildman–Crippen MR) is 34.5 cm³/mol. The fourth-order valence-electron chi connectivity index (χ4n) is 0.798. The number of rotatable bonds is 0. The van der Waals surface area contributed by atoms with Crippen molar-refractivity contribution >= 4 is 22.1 Å². The molecule has 0 aliphatic carbocycles. The summed E-state index contributed by atoms with van der Waals surface area (Å²) in [7, 11) is 0. The van der Waals surface area contributed by atoms with Crippen molar-refractivity contribution in [3.05, 3.63) is 0 Å². The Morgan fingerprint density at radius 3 is 2.62 bits per heavy atom. The molecular formula is C5H8BrNO. The topological polar surface area (TPSA) is 20.3 Å². The fraction of sp³-hybridized carbons (Fsp3) is 0.800. The van der Waals surface area contributed by atoms with E-state index < -0.39 is 0 Å². The first-order valence-corrected chi connectivity index (χ1v) is 3.40. The molecular weight excluding hydrogens is 170 g/mol. The van der Waals surface area contributed by atoms with Crippen molar-refractivity contribution in [3.8, 4) is 0 Å². The molecule has 1 unspecified atom stereocenters. The molecule has 0 aromatic rings. The van der Waals surface area contributed by atoms with E-state index in [0.29, 0.717) is 12.5 Å². The summed E-state index contributed by atoms with van der Waals surface area (Å²) in [6.07, 6.45) is 1.69. The summed E-state index contributed by atoms with van der Waals surface area (Å²) in [4.78, 5) is 10.7. The van der Waals surface area contributed by atoms with Crippen LogP contribution < -0.4 is 0 Å². The number of carbonyl (C=O) groups excluding carboxylic acids is 1. The van der Waals surface area contributed by atoms with Gasteiger partial charge in [0, 0.05) is 12.5 Å². The highest BCUT2D eigenvalue weighted by atomic mass is 79.9. The van der Waals surface area contributed by atoms with Gasteiger partial charge in [-0.25, -0.2) is 0 Å². The van der Waals surface area contributed by atoms with Crippen LogP contribution in [0.5, 0.6) is 0 Å². The van der Waals surface area contributed by atoms with Gasteiger partial charge in [0.1, 0.15) is 0 Å². The van der Waals surface area contributed by atoms with Crippen LogP contribution in [0.15, 0.2) is 0 Å². The summed E-state index contributed by atoms with van der Waals surface area (Å²) in [5.74, 6) is 0.206.